The molecule has 1 heterocycles. The maximum absolute atomic E-state index is 13.3. The largest absolute Gasteiger partial charge is 0.493 e. The number of H-pyrrole nitrogens is 1. The van der Waals surface area contributed by atoms with Gasteiger partial charge in [-0.1, -0.05) is 36.7 Å². The summed E-state index contributed by atoms with van der Waals surface area (Å²) in [6.07, 6.45) is 0.727. The molecule has 0 bridgehead atoms. The van der Waals surface area contributed by atoms with Gasteiger partial charge in [0.2, 0.25) is 4.77 Å². The van der Waals surface area contributed by atoms with Crippen molar-refractivity contribution in [1.29, 1.82) is 0 Å². The average molecular weight is 423 g/mol. The normalized spacial score (nSPS) is 10.7. The van der Waals surface area contributed by atoms with E-state index in [2.05, 4.69) is 15.6 Å². The van der Waals surface area contributed by atoms with Crippen LogP contribution in [0.5, 0.6) is 11.5 Å². The van der Waals surface area contributed by atoms with E-state index in [-0.39, 0.29) is 12.4 Å². The molecule has 0 fully saturated rings. The minimum Gasteiger partial charge on any atom is -0.493 e. The third-order valence-corrected chi connectivity index (χ3v) is 4.78. The molecule has 0 saturated carbocycles. The molecule has 9 heteroatoms. The quantitative estimate of drug-likeness (QED) is 0.518. The molecule has 28 heavy (non-hydrogen) atoms. The van der Waals surface area contributed by atoms with Crippen molar-refractivity contribution in [3.63, 3.8) is 0 Å². The number of halogens is 2. The van der Waals surface area contributed by atoms with E-state index < -0.39 is 0 Å². The minimum absolute atomic E-state index is 0.178. The Morgan fingerprint density at radius 1 is 1.29 bits per heavy atom. The maximum Gasteiger partial charge on any atom is 0.214 e. The van der Waals surface area contributed by atoms with Crippen molar-refractivity contribution in [2.24, 2.45) is 0 Å². The number of rotatable bonds is 8. The lowest BCUT2D eigenvalue weighted by molar-refractivity contribution is 0.281. The van der Waals surface area contributed by atoms with Crippen molar-refractivity contribution in [2.45, 2.75) is 26.5 Å². The first-order valence-electron chi connectivity index (χ1n) is 8.66. The summed E-state index contributed by atoms with van der Waals surface area (Å²) in [4.78, 5) is 0. The van der Waals surface area contributed by atoms with Gasteiger partial charge in [-0.2, -0.15) is 5.10 Å². The number of benzene rings is 2. The summed E-state index contributed by atoms with van der Waals surface area (Å²) in [6.45, 7) is 2.61. The fraction of sp³-hybridized carbons (Fsp3) is 0.263. The van der Waals surface area contributed by atoms with E-state index in [4.69, 9.17) is 33.3 Å². The van der Waals surface area contributed by atoms with Crippen molar-refractivity contribution < 1.29 is 13.9 Å². The van der Waals surface area contributed by atoms with E-state index in [0.717, 1.165) is 17.8 Å². The second-order valence-electron chi connectivity index (χ2n) is 5.94. The van der Waals surface area contributed by atoms with E-state index >= 15 is 0 Å². The molecule has 0 spiro atoms. The molecule has 0 radical (unpaired) electrons. The van der Waals surface area contributed by atoms with Gasteiger partial charge < -0.3 is 14.9 Å². The highest BCUT2D eigenvalue weighted by molar-refractivity contribution is 7.71. The molecule has 148 valence electrons. The van der Waals surface area contributed by atoms with Gasteiger partial charge >= 0.3 is 0 Å². The number of nitrogens with zero attached hydrogens (tertiary/aromatic N) is 2. The third-order valence-electron chi connectivity index (χ3n) is 4.15. The molecule has 0 atom stereocenters. The Bertz CT molecular complexity index is 1020. The van der Waals surface area contributed by atoms with Crippen LogP contribution in [-0.4, -0.2) is 22.0 Å². The number of aromatic amines is 1. The number of methoxy groups -OCH3 is 1. The van der Waals surface area contributed by atoms with Gasteiger partial charge in [-0.3, -0.25) is 5.10 Å². The van der Waals surface area contributed by atoms with Gasteiger partial charge in [0.1, 0.15) is 12.4 Å². The molecule has 1 aromatic heterocycles. The summed E-state index contributed by atoms with van der Waals surface area (Å²) in [6, 6.07) is 9.82. The summed E-state index contributed by atoms with van der Waals surface area (Å²) in [5.74, 6) is 1.57. The monoisotopic (exact) mass is 422 g/mol. The first-order valence-corrected chi connectivity index (χ1v) is 9.44. The molecule has 0 amide bonds. The zero-order valence-corrected chi connectivity index (χ0v) is 17.0. The van der Waals surface area contributed by atoms with Crippen molar-refractivity contribution in [1.82, 2.24) is 14.9 Å². The highest BCUT2D eigenvalue weighted by atomic mass is 35.5. The number of aromatic nitrogens is 3. The first-order chi connectivity index (χ1) is 13.5. The van der Waals surface area contributed by atoms with Crippen molar-refractivity contribution in [2.75, 3.05) is 12.5 Å². The summed E-state index contributed by atoms with van der Waals surface area (Å²) < 4.78 is 26.9. The number of nitrogens with one attached hydrogen (secondary N) is 2. The second kappa shape index (κ2) is 9.07. The van der Waals surface area contributed by atoms with Crippen LogP contribution in [0, 0.1) is 10.6 Å². The van der Waals surface area contributed by atoms with E-state index in [1.54, 1.807) is 17.9 Å². The number of aryl methyl sites for hydroxylation is 1. The lowest BCUT2D eigenvalue weighted by atomic mass is 10.2. The van der Waals surface area contributed by atoms with Gasteiger partial charge in [-0.25, -0.2) is 9.07 Å². The van der Waals surface area contributed by atoms with Crippen LogP contribution in [0.2, 0.25) is 5.02 Å². The summed E-state index contributed by atoms with van der Waals surface area (Å²) in [5.41, 5.74) is 4.79. The highest BCUT2D eigenvalue weighted by Crippen LogP contribution is 2.32. The molecule has 0 unspecified atom stereocenters. The van der Waals surface area contributed by atoms with Crippen LogP contribution in [0.1, 0.15) is 23.9 Å². The molecule has 3 rings (SSSR count). The van der Waals surface area contributed by atoms with E-state index in [1.165, 1.54) is 12.1 Å². The molecule has 0 saturated heterocycles. The standard InChI is InChI=1S/C19H20ClFN4O2S/c1-3-17-23-24-19(28)25(17)22-10-12-5-4-6-16(26-2)18(12)27-11-13-7-8-14(21)9-15(13)20/h4-9,22H,3,10-11H2,1-2H3,(H,24,28). The van der Waals surface area contributed by atoms with Crippen molar-refractivity contribution >= 4 is 23.8 Å². The van der Waals surface area contributed by atoms with Gasteiger partial charge in [0.25, 0.3) is 0 Å². The summed E-state index contributed by atoms with van der Waals surface area (Å²) in [7, 11) is 1.58. The van der Waals surface area contributed by atoms with Crippen molar-refractivity contribution in [3.8, 4) is 11.5 Å². The SMILES string of the molecule is CCc1n[nH]c(=S)n1NCc1cccc(OC)c1OCc1ccc(F)cc1Cl. The summed E-state index contributed by atoms with van der Waals surface area (Å²) in [5, 5.41) is 7.26. The number of hydrogen-bond acceptors (Lipinski definition) is 5. The van der Waals surface area contributed by atoms with Gasteiger partial charge in [0.15, 0.2) is 17.3 Å². The Morgan fingerprint density at radius 2 is 2.11 bits per heavy atom. The smallest absolute Gasteiger partial charge is 0.214 e. The van der Waals surface area contributed by atoms with Crippen LogP contribution >= 0.6 is 23.8 Å². The van der Waals surface area contributed by atoms with Crippen LogP contribution in [-0.2, 0) is 19.6 Å². The van der Waals surface area contributed by atoms with Crippen LogP contribution in [0.3, 0.4) is 0 Å². The number of ether oxygens (including phenoxy) is 2. The predicted octanol–water partition coefficient (Wildman–Crippen LogP) is 4.63. The molecule has 0 aliphatic heterocycles. The Labute approximate surface area is 172 Å². The molecule has 2 N–H and O–H groups in total. The molecule has 6 nitrogen and oxygen atoms in total. The van der Waals surface area contributed by atoms with E-state index in [9.17, 15) is 4.39 Å². The molecule has 0 aliphatic carbocycles. The highest BCUT2D eigenvalue weighted by Gasteiger charge is 2.13. The first kappa shape index (κ1) is 20.2. The molecular formula is C19H20ClFN4O2S. The average Bonchev–Trinajstić information content (AvgIpc) is 3.05. The molecular weight excluding hydrogens is 403 g/mol. The summed E-state index contributed by atoms with van der Waals surface area (Å²) >= 11 is 11.4. The second-order valence-corrected chi connectivity index (χ2v) is 6.74. The van der Waals surface area contributed by atoms with E-state index in [0.29, 0.717) is 33.4 Å². The minimum atomic E-state index is -0.389. The number of hydrogen-bond donors (Lipinski definition) is 2. The third kappa shape index (κ3) is 4.45. The maximum atomic E-state index is 13.3. The fourth-order valence-electron chi connectivity index (χ4n) is 2.71. The molecule has 2 aromatic carbocycles. The fourth-order valence-corrected chi connectivity index (χ4v) is 3.15. The van der Waals surface area contributed by atoms with Crippen LogP contribution in [0.25, 0.3) is 0 Å². The van der Waals surface area contributed by atoms with Crippen LogP contribution in [0.15, 0.2) is 36.4 Å². The van der Waals surface area contributed by atoms with Crippen LogP contribution < -0.4 is 14.9 Å². The van der Waals surface area contributed by atoms with Gasteiger partial charge in [0.05, 0.1) is 18.7 Å². The molecule has 3 aromatic rings. The van der Waals surface area contributed by atoms with Crippen molar-refractivity contribution in [3.05, 3.63) is 69.0 Å². The molecule has 0 aliphatic rings. The Kier molecular flexibility index (Phi) is 6.53. The zero-order valence-electron chi connectivity index (χ0n) is 15.5. The van der Waals surface area contributed by atoms with E-state index in [1.807, 2.05) is 25.1 Å². The van der Waals surface area contributed by atoms with Gasteiger partial charge in [-0.05, 0) is 30.4 Å². The lowest BCUT2D eigenvalue weighted by Crippen LogP contribution is -2.18. The Hall–Kier alpha value is -2.58. The van der Waals surface area contributed by atoms with Gasteiger partial charge in [0, 0.05) is 17.5 Å². The lowest BCUT2D eigenvalue weighted by Gasteiger charge is -2.17. The Morgan fingerprint density at radius 3 is 2.82 bits per heavy atom. The Balaban J connectivity index is 1.82. The predicted molar refractivity (Wildman–Crippen MR) is 109 cm³/mol. The number of para-hydroxylation sites is 1. The van der Waals surface area contributed by atoms with Crippen LogP contribution in [0.4, 0.5) is 4.39 Å². The van der Waals surface area contributed by atoms with Gasteiger partial charge in [-0.15, -0.1) is 0 Å². The topological polar surface area (TPSA) is 64.1 Å². The zero-order chi connectivity index (χ0) is 20.1.